The number of Topliss-reactive ketones (excluding diaryl/α,β-unsaturated/α-hetero) is 1. The highest BCUT2D eigenvalue weighted by atomic mass is 19.4. The Labute approximate surface area is 206 Å². The first kappa shape index (κ1) is 23.9. The third-order valence-corrected chi connectivity index (χ3v) is 6.79. The van der Waals surface area contributed by atoms with Crippen molar-refractivity contribution in [3.05, 3.63) is 82.9 Å². The lowest BCUT2D eigenvalue weighted by atomic mass is 9.86. The minimum absolute atomic E-state index is 0.0380. The Kier molecular flexibility index (Phi) is 5.77. The zero-order valence-electron chi connectivity index (χ0n) is 19.8. The summed E-state index contributed by atoms with van der Waals surface area (Å²) >= 11 is 0. The van der Waals surface area contributed by atoms with Crippen LogP contribution >= 0.6 is 0 Å². The van der Waals surface area contributed by atoms with E-state index in [4.69, 9.17) is 9.47 Å². The van der Waals surface area contributed by atoms with Crippen LogP contribution in [0.5, 0.6) is 11.5 Å². The molecule has 1 amide bonds. The second kappa shape index (κ2) is 8.69. The molecule has 0 unspecified atom stereocenters. The van der Waals surface area contributed by atoms with E-state index < -0.39 is 17.2 Å². The Morgan fingerprint density at radius 1 is 0.944 bits per heavy atom. The van der Waals surface area contributed by atoms with Gasteiger partial charge in [0, 0.05) is 26.1 Å². The van der Waals surface area contributed by atoms with Crippen molar-refractivity contribution in [2.24, 2.45) is 0 Å². The van der Waals surface area contributed by atoms with Crippen molar-refractivity contribution in [1.82, 2.24) is 4.90 Å². The number of hydrogen-bond donors (Lipinski definition) is 0. The van der Waals surface area contributed by atoms with E-state index in [0.717, 1.165) is 11.6 Å². The molecule has 1 aliphatic carbocycles. The van der Waals surface area contributed by atoms with Crippen molar-refractivity contribution < 1.29 is 32.2 Å². The molecule has 0 saturated heterocycles. The van der Waals surface area contributed by atoms with Crippen LogP contribution in [-0.4, -0.2) is 37.5 Å². The van der Waals surface area contributed by atoms with Gasteiger partial charge in [0.2, 0.25) is 6.79 Å². The number of nitrogens with zero attached hydrogens (tertiary/aromatic N) is 1. The van der Waals surface area contributed by atoms with Gasteiger partial charge in [-0.05, 0) is 65.4 Å². The highest BCUT2D eigenvalue weighted by Crippen LogP contribution is 2.51. The average Bonchev–Trinajstić information content (AvgIpc) is 3.53. The van der Waals surface area contributed by atoms with E-state index in [1.54, 1.807) is 50.5 Å². The van der Waals surface area contributed by atoms with Crippen LogP contribution in [0.1, 0.15) is 39.9 Å². The lowest BCUT2D eigenvalue weighted by molar-refractivity contribution is -0.137. The molecular formula is C28H24F3NO4. The van der Waals surface area contributed by atoms with Gasteiger partial charge in [-0.25, -0.2) is 0 Å². The van der Waals surface area contributed by atoms with Crippen LogP contribution in [-0.2, 0) is 22.8 Å². The summed E-state index contributed by atoms with van der Waals surface area (Å²) in [5.74, 6) is 0.765. The Morgan fingerprint density at radius 3 is 2.39 bits per heavy atom. The molecule has 5 rings (SSSR count). The standard InChI is InChI=1S/C28H24F3NO4/c1-32(2)26(34)19-5-3-4-18(14-19)21-8-6-17(12-22(21)28(29,30)31)13-25(33)27(10-11-27)20-7-9-23-24(15-20)36-16-35-23/h3-9,12,14-15H,10-11,13,16H2,1-2H3. The zero-order valence-corrected chi connectivity index (χ0v) is 19.8. The number of benzene rings is 3. The summed E-state index contributed by atoms with van der Waals surface area (Å²) in [5.41, 5.74) is 0.0876. The van der Waals surface area contributed by atoms with E-state index in [9.17, 15) is 22.8 Å². The highest BCUT2D eigenvalue weighted by molar-refractivity contribution is 5.96. The van der Waals surface area contributed by atoms with Gasteiger partial charge in [0.25, 0.3) is 5.91 Å². The maximum Gasteiger partial charge on any atom is 0.417 e. The van der Waals surface area contributed by atoms with E-state index in [1.165, 1.54) is 17.0 Å². The molecule has 0 spiro atoms. The minimum Gasteiger partial charge on any atom is -0.454 e. The SMILES string of the molecule is CN(C)C(=O)c1cccc(-c2ccc(CC(=O)C3(c4ccc5c(c4)OCO5)CC3)cc2C(F)(F)F)c1. The Hall–Kier alpha value is -3.81. The summed E-state index contributed by atoms with van der Waals surface area (Å²) in [7, 11) is 3.16. The van der Waals surface area contributed by atoms with Crippen LogP contribution in [0.25, 0.3) is 11.1 Å². The van der Waals surface area contributed by atoms with Crippen LogP contribution < -0.4 is 9.47 Å². The molecule has 0 N–H and O–H groups in total. The van der Waals surface area contributed by atoms with Crippen molar-refractivity contribution in [3.8, 4) is 22.6 Å². The van der Waals surface area contributed by atoms with Crippen molar-refractivity contribution in [2.45, 2.75) is 30.9 Å². The lowest BCUT2D eigenvalue weighted by Gasteiger charge is -2.18. The molecule has 186 valence electrons. The van der Waals surface area contributed by atoms with Gasteiger partial charge in [0.15, 0.2) is 11.5 Å². The van der Waals surface area contributed by atoms with E-state index in [0.29, 0.717) is 35.5 Å². The van der Waals surface area contributed by atoms with Crippen LogP contribution in [0, 0.1) is 0 Å². The molecule has 0 atom stereocenters. The number of hydrogen-bond acceptors (Lipinski definition) is 4. The molecule has 1 fully saturated rings. The molecule has 0 bridgehead atoms. The van der Waals surface area contributed by atoms with Crippen molar-refractivity contribution in [1.29, 1.82) is 0 Å². The number of halogens is 3. The average molecular weight is 495 g/mol. The van der Waals surface area contributed by atoms with Gasteiger partial charge >= 0.3 is 6.18 Å². The number of fused-ring (bicyclic) bond motifs is 1. The van der Waals surface area contributed by atoms with Gasteiger partial charge in [-0.2, -0.15) is 13.2 Å². The molecular weight excluding hydrogens is 471 g/mol. The van der Waals surface area contributed by atoms with E-state index in [1.807, 2.05) is 6.07 Å². The monoisotopic (exact) mass is 495 g/mol. The molecule has 8 heteroatoms. The summed E-state index contributed by atoms with van der Waals surface area (Å²) in [6.07, 6.45) is -3.47. The molecule has 36 heavy (non-hydrogen) atoms. The molecule has 0 aromatic heterocycles. The van der Waals surface area contributed by atoms with E-state index in [2.05, 4.69) is 0 Å². The summed E-state index contributed by atoms with van der Waals surface area (Å²) in [4.78, 5) is 27.0. The molecule has 0 radical (unpaired) electrons. The number of ether oxygens (including phenoxy) is 2. The maximum atomic E-state index is 14.1. The van der Waals surface area contributed by atoms with E-state index >= 15 is 0 Å². The predicted molar refractivity (Wildman–Crippen MR) is 127 cm³/mol. The van der Waals surface area contributed by atoms with Gasteiger partial charge in [0.05, 0.1) is 11.0 Å². The minimum atomic E-state index is -4.63. The first-order valence-corrected chi connectivity index (χ1v) is 11.5. The summed E-state index contributed by atoms with van der Waals surface area (Å²) < 4.78 is 53.0. The van der Waals surface area contributed by atoms with Crippen LogP contribution in [0.3, 0.4) is 0 Å². The second-order valence-corrected chi connectivity index (χ2v) is 9.41. The summed E-state index contributed by atoms with van der Waals surface area (Å²) in [6, 6.07) is 15.5. The predicted octanol–water partition coefficient (Wildman–Crippen LogP) is 5.65. The number of amides is 1. The largest absolute Gasteiger partial charge is 0.454 e. The fourth-order valence-electron chi connectivity index (χ4n) is 4.67. The quantitative estimate of drug-likeness (QED) is 0.444. The van der Waals surface area contributed by atoms with Crippen LogP contribution in [0.2, 0.25) is 0 Å². The van der Waals surface area contributed by atoms with Crippen LogP contribution in [0.15, 0.2) is 60.7 Å². The number of rotatable bonds is 6. The molecule has 2 aliphatic rings. The van der Waals surface area contributed by atoms with Gasteiger partial charge in [-0.3, -0.25) is 9.59 Å². The number of alkyl halides is 3. The third kappa shape index (κ3) is 4.32. The molecule has 3 aromatic carbocycles. The van der Waals surface area contributed by atoms with E-state index in [-0.39, 0.29) is 36.0 Å². The fourth-order valence-corrected chi connectivity index (χ4v) is 4.67. The molecule has 1 saturated carbocycles. The second-order valence-electron chi connectivity index (χ2n) is 9.41. The zero-order chi connectivity index (χ0) is 25.7. The van der Waals surface area contributed by atoms with Crippen molar-refractivity contribution in [2.75, 3.05) is 20.9 Å². The summed E-state index contributed by atoms with van der Waals surface area (Å²) in [6.45, 7) is 0.124. The van der Waals surface area contributed by atoms with Gasteiger partial charge in [0.1, 0.15) is 5.78 Å². The number of carbonyl (C=O) groups excluding carboxylic acids is 2. The smallest absolute Gasteiger partial charge is 0.417 e. The molecule has 5 nitrogen and oxygen atoms in total. The topological polar surface area (TPSA) is 55.8 Å². The third-order valence-electron chi connectivity index (χ3n) is 6.79. The molecule has 3 aromatic rings. The highest BCUT2D eigenvalue weighted by Gasteiger charge is 2.51. The van der Waals surface area contributed by atoms with Gasteiger partial charge in [-0.15, -0.1) is 0 Å². The van der Waals surface area contributed by atoms with Gasteiger partial charge < -0.3 is 14.4 Å². The molecule has 1 aliphatic heterocycles. The Morgan fingerprint density at radius 2 is 1.69 bits per heavy atom. The Bertz CT molecular complexity index is 1360. The lowest BCUT2D eigenvalue weighted by Crippen LogP contribution is -2.23. The molecule has 1 heterocycles. The van der Waals surface area contributed by atoms with Crippen molar-refractivity contribution >= 4 is 11.7 Å². The first-order valence-electron chi connectivity index (χ1n) is 11.5. The fraction of sp³-hybridized carbons (Fsp3) is 0.286. The number of ketones is 1. The Balaban J connectivity index is 1.44. The first-order chi connectivity index (χ1) is 17.1. The summed E-state index contributed by atoms with van der Waals surface area (Å²) in [5, 5.41) is 0. The van der Waals surface area contributed by atoms with Gasteiger partial charge in [-0.1, -0.05) is 30.3 Å². The number of carbonyl (C=O) groups is 2. The normalized spacial score (nSPS) is 15.5. The van der Waals surface area contributed by atoms with Crippen molar-refractivity contribution in [3.63, 3.8) is 0 Å². The van der Waals surface area contributed by atoms with Crippen LogP contribution in [0.4, 0.5) is 13.2 Å². The maximum absolute atomic E-state index is 14.1.